The van der Waals surface area contributed by atoms with Crippen molar-refractivity contribution in [3.63, 3.8) is 0 Å². The summed E-state index contributed by atoms with van der Waals surface area (Å²) in [7, 11) is -8.38. The first-order valence-electron chi connectivity index (χ1n) is 42.9. The summed E-state index contributed by atoms with van der Waals surface area (Å²) in [6.45, 7) is 9.99. The molecule has 0 radical (unpaired) electrons. The fourth-order valence-electron chi connectivity index (χ4n) is 15.5. The van der Waals surface area contributed by atoms with Crippen LogP contribution >= 0.6 is 15.6 Å². The number of rotatable bonds is 57. The number of ketones is 3. The highest BCUT2D eigenvalue weighted by atomic mass is 31.2. The molecule has 0 aliphatic carbocycles. The van der Waals surface area contributed by atoms with E-state index in [0.717, 1.165) is 25.2 Å². The number of Topliss-reactive ketones (excluding diaryl/α,β-unsaturated/α-hetero) is 3. The Morgan fingerprint density at radius 2 is 0.638 bits per heavy atom. The Balaban J connectivity index is 0.00000586. The molecule has 34 nitrogen and oxygen atoms in total. The van der Waals surface area contributed by atoms with Crippen LogP contribution in [0.1, 0.15) is 253 Å². The van der Waals surface area contributed by atoms with Crippen LogP contribution in [0.25, 0.3) is 0 Å². The maximum Gasteiger partial charge on any atom is 0.472 e. The van der Waals surface area contributed by atoms with Crippen molar-refractivity contribution in [3.05, 3.63) is 0 Å². The fraction of sp³-hybridized carbons (Fsp3) is 0.925. The van der Waals surface area contributed by atoms with Gasteiger partial charge in [-0.3, -0.25) is 46.9 Å². The minimum absolute atomic E-state index is 0.0186. The zero-order valence-corrected chi connectivity index (χ0v) is 71.7. The number of phosphoric acid groups is 2. The first kappa shape index (κ1) is 104. The molecule has 6 saturated heterocycles. The van der Waals surface area contributed by atoms with Gasteiger partial charge in [-0.15, -0.1) is 0 Å². The Kier molecular flexibility index (Phi) is 49.3. The average Bonchev–Trinajstić information content (AvgIpc) is 1.25. The van der Waals surface area contributed by atoms with Crippen molar-refractivity contribution in [1.29, 1.82) is 0 Å². The van der Waals surface area contributed by atoms with Gasteiger partial charge in [-0.05, 0) is 102 Å². The van der Waals surface area contributed by atoms with E-state index in [2.05, 4.69) is 20.8 Å². The Morgan fingerprint density at radius 3 is 0.922 bits per heavy atom. The van der Waals surface area contributed by atoms with E-state index < -0.39 is 183 Å². The van der Waals surface area contributed by atoms with Crippen LogP contribution in [0.3, 0.4) is 0 Å². The van der Waals surface area contributed by atoms with E-state index in [1.807, 2.05) is 0 Å². The Hall–Kier alpha value is -3.04. The van der Waals surface area contributed by atoms with Crippen molar-refractivity contribution in [2.24, 2.45) is 23.7 Å². The maximum absolute atomic E-state index is 14.1. The van der Waals surface area contributed by atoms with E-state index in [-0.39, 0.29) is 93.9 Å². The number of phosphoric ester groups is 2. The molecular formula is C80H145N3O31P2. The number of ether oxygens (including phenoxy) is 7. The highest BCUT2D eigenvalue weighted by Gasteiger charge is 2.48. The number of aliphatic hydroxyl groups is 10. The van der Waals surface area contributed by atoms with Gasteiger partial charge in [0, 0.05) is 122 Å². The normalized spacial score (nSPS) is 30.7. The number of amides is 3. The molecular weight excluding hydrogens is 1560 g/mol. The molecule has 36 heteroatoms. The molecule has 0 aromatic carbocycles. The number of hydrogen-bond acceptors (Lipinski definition) is 29. The number of aliphatic hydroxyl groups excluding tert-OH is 10. The topological polar surface area (TPSA) is 491 Å². The summed E-state index contributed by atoms with van der Waals surface area (Å²) in [5.74, 6) is -1.18. The van der Waals surface area contributed by atoms with Gasteiger partial charge < -0.3 is 109 Å². The SMILES string of the molecule is CC(C)C.COCC1C[C@@H](OP(=O)(O)OCC2C[C@@H](OP(=O)(O)OCC3C[C@@H](O)CN3C(=O)CCCCCCC(=O)CCCCCO[C@@H]3OC(CO)[C@H](O)[C@H](O)C3C)CN2C(=O)CCCCCCC(=O)CCCCCO[C@@H]2OC(CO)[C@H](O)[C@H](O)C2C)CN1C(=O)CCCCCCC(=O)CCCCCO[C@@H]1OC(CO)[C@H](O)[C@H](O)C1C. The predicted molar refractivity (Wildman–Crippen MR) is 422 cm³/mol. The molecule has 0 saturated carbocycles. The molecule has 0 spiro atoms. The maximum atomic E-state index is 14.1. The van der Waals surface area contributed by atoms with Crippen molar-refractivity contribution in [1.82, 2.24) is 14.7 Å². The van der Waals surface area contributed by atoms with Gasteiger partial charge >= 0.3 is 15.6 Å². The van der Waals surface area contributed by atoms with E-state index in [4.69, 9.17) is 51.3 Å². The van der Waals surface area contributed by atoms with Crippen molar-refractivity contribution < 1.29 is 150 Å². The third-order valence-corrected chi connectivity index (χ3v) is 24.5. The van der Waals surface area contributed by atoms with Crippen molar-refractivity contribution in [2.75, 3.05) is 86.2 Å². The molecule has 3 amide bonds. The fourth-order valence-corrected chi connectivity index (χ4v) is 17.4. The van der Waals surface area contributed by atoms with Gasteiger partial charge in [-0.1, -0.05) is 99.3 Å². The second-order valence-electron chi connectivity index (χ2n) is 33.2. The smallest absolute Gasteiger partial charge is 0.394 e. The zero-order valence-electron chi connectivity index (χ0n) is 69.9. The molecule has 12 N–H and O–H groups in total. The summed E-state index contributed by atoms with van der Waals surface area (Å²) in [5.41, 5.74) is 0. The van der Waals surface area contributed by atoms with Gasteiger partial charge in [0.05, 0.1) is 94.4 Å². The number of likely N-dealkylation sites (tertiary alicyclic amines) is 3. The van der Waals surface area contributed by atoms with Gasteiger partial charge in [0.15, 0.2) is 18.9 Å². The number of hydrogen-bond donors (Lipinski definition) is 12. The van der Waals surface area contributed by atoms with E-state index in [1.165, 1.54) is 16.9 Å². The number of nitrogens with zero attached hydrogens (tertiary/aromatic N) is 3. The van der Waals surface area contributed by atoms with Crippen molar-refractivity contribution >= 4 is 50.7 Å². The number of carbonyl (C=O) groups is 6. The summed E-state index contributed by atoms with van der Waals surface area (Å²) in [4.78, 5) is 106. The number of unbranched alkanes of at least 4 members (excludes halogenated alkanes) is 15. The molecule has 6 fully saturated rings. The van der Waals surface area contributed by atoms with Crippen molar-refractivity contribution in [3.8, 4) is 0 Å². The van der Waals surface area contributed by atoms with Crippen LogP contribution in [0, 0.1) is 23.7 Å². The summed E-state index contributed by atoms with van der Waals surface area (Å²) in [6.07, 6.45) is 1.20. The lowest BCUT2D eigenvalue weighted by atomic mass is 9.92. The van der Waals surface area contributed by atoms with Crippen LogP contribution in [0.5, 0.6) is 0 Å². The van der Waals surface area contributed by atoms with Gasteiger partial charge in [0.2, 0.25) is 17.7 Å². The van der Waals surface area contributed by atoms with Gasteiger partial charge in [-0.25, -0.2) is 9.13 Å². The predicted octanol–water partition coefficient (Wildman–Crippen LogP) is 6.15. The van der Waals surface area contributed by atoms with Gasteiger partial charge in [0.1, 0.15) is 54.0 Å². The molecule has 676 valence electrons. The monoisotopic (exact) mass is 1710 g/mol. The quantitative estimate of drug-likeness (QED) is 0.0240. The van der Waals surface area contributed by atoms with Crippen LogP contribution in [0.2, 0.25) is 0 Å². The largest absolute Gasteiger partial charge is 0.472 e. The summed E-state index contributed by atoms with van der Waals surface area (Å²) in [5, 5.41) is 100. The lowest BCUT2D eigenvalue weighted by Crippen LogP contribution is -2.55. The minimum atomic E-state index is -4.94. The highest BCUT2D eigenvalue weighted by Crippen LogP contribution is 2.50. The van der Waals surface area contributed by atoms with E-state index in [1.54, 1.807) is 25.7 Å². The Bertz CT molecular complexity index is 2910. The van der Waals surface area contributed by atoms with E-state index in [0.29, 0.717) is 174 Å². The van der Waals surface area contributed by atoms with Crippen LogP contribution in [0.15, 0.2) is 0 Å². The number of β-amino-alcohol motifs (C(OH)–C–C–N with tert-alkyl or cyclic N) is 1. The molecule has 11 unspecified atom stereocenters. The zero-order chi connectivity index (χ0) is 85.5. The summed E-state index contributed by atoms with van der Waals surface area (Å²) >= 11 is 0. The molecule has 23 atom stereocenters. The second kappa shape index (κ2) is 55.2. The van der Waals surface area contributed by atoms with Crippen LogP contribution in [-0.4, -0.2) is 307 Å². The van der Waals surface area contributed by atoms with Crippen molar-refractivity contribution in [2.45, 2.75) is 364 Å². The first-order chi connectivity index (χ1) is 55.2. The van der Waals surface area contributed by atoms with E-state index in [9.17, 15) is 98.7 Å². The van der Waals surface area contributed by atoms with E-state index >= 15 is 0 Å². The highest BCUT2D eigenvalue weighted by molar-refractivity contribution is 7.47. The molecule has 6 aliphatic heterocycles. The molecule has 6 rings (SSSR count). The standard InChI is InChI=1S/C76H135N3O31P2.C4H10/c1-50-68(90)71(93)62(44-80)106-74(50)101-35-23-11-17-29-56(83)26-14-5-8-20-32-65(87)77-41-59(86)38-53(77)48-104-111(96,97)110-61-40-55(79(43-61)67(89)34-22-10-7-16-28-58(85)31-19-13-25-37-103-76-52(3)70(92)73(95)64(46-82)108-76)49-105-112(98,99)109-60-39-54(47-100-4)78(42-60)66(88)33-21-9-6-15-27-57(84)30-18-12-24-36-102-75-51(2)69(91)72(94)63(45-81)107-75;1-4(2)3/h50-55,59-64,68-76,80-82,86,90-95H,5-49H2,1-4H3,(H,96,97)(H,98,99);4H,1-3H3/t50?,51?,52?,53?,54?,55?,59-,60-,61-,62?,63?,64?,68-,69-,70-,71+,72+,73+,74-,75-,76-;/m1./s1. The molecule has 0 aromatic rings. The lowest BCUT2D eigenvalue weighted by molar-refractivity contribution is -0.282. The molecule has 6 aliphatic rings. The third kappa shape index (κ3) is 37.2. The minimum Gasteiger partial charge on any atom is -0.394 e. The second-order valence-corrected chi connectivity index (χ2v) is 36.0. The van der Waals surface area contributed by atoms with Crippen LogP contribution < -0.4 is 0 Å². The molecule has 116 heavy (non-hydrogen) atoms. The Morgan fingerprint density at radius 1 is 0.379 bits per heavy atom. The lowest BCUT2D eigenvalue weighted by Gasteiger charge is -2.40. The number of methoxy groups -OCH3 is 1. The molecule has 0 bridgehead atoms. The number of carbonyl (C=O) groups excluding carboxylic acids is 6. The Labute approximate surface area is 686 Å². The first-order valence-corrected chi connectivity index (χ1v) is 45.9. The van der Waals surface area contributed by atoms with Crippen LogP contribution in [-0.2, 0) is 89.2 Å². The molecule has 0 aromatic heterocycles. The van der Waals surface area contributed by atoms with Gasteiger partial charge in [0.25, 0.3) is 0 Å². The molecule has 6 heterocycles. The van der Waals surface area contributed by atoms with Crippen LogP contribution in [0.4, 0.5) is 0 Å². The summed E-state index contributed by atoms with van der Waals surface area (Å²) < 4.78 is 89.5. The van der Waals surface area contributed by atoms with Gasteiger partial charge in [-0.2, -0.15) is 0 Å². The average molecular weight is 1710 g/mol. The third-order valence-electron chi connectivity index (χ3n) is 22.4. The summed E-state index contributed by atoms with van der Waals surface area (Å²) in [6, 6.07) is -2.21.